The number of para-hydroxylation sites is 1. The van der Waals surface area contributed by atoms with Crippen LogP contribution in [-0.4, -0.2) is 12.5 Å². The molecule has 3 rings (SSSR count). The minimum absolute atomic E-state index is 0.0350. The van der Waals surface area contributed by atoms with E-state index in [1.165, 1.54) is 0 Å². The van der Waals surface area contributed by atoms with Gasteiger partial charge in [-0.05, 0) is 73.2 Å². The number of benzene rings is 3. The Labute approximate surface area is 191 Å². The molecule has 3 aromatic carbocycles. The van der Waals surface area contributed by atoms with Gasteiger partial charge in [0.15, 0.2) is 0 Å². The molecule has 0 aliphatic carbocycles. The van der Waals surface area contributed by atoms with Crippen LogP contribution >= 0.6 is 0 Å². The number of hydrogen-bond acceptors (Lipinski definition) is 3. The summed E-state index contributed by atoms with van der Waals surface area (Å²) in [5.41, 5.74) is 5.46. The van der Waals surface area contributed by atoms with Gasteiger partial charge in [0, 0.05) is 16.8 Å². The third-order valence-corrected chi connectivity index (χ3v) is 5.34. The van der Waals surface area contributed by atoms with Crippen molar-refractivity contribution < 1.29 is 14.3 Å². The summed E-state index contributed by atoms with van der Waals surface area (Å²) in [6.07, 6.45) is 0. The molecule has 32 heavy (non-hydrogen) atoms. The molecular weight excluding hydrogens is 398 g/mol. The fourth-order valence-electron chi connectivity index (χ4n) is 3.56. The number of aryl methyl sites for hydroxylation is 2. The second-order valence-corrected chi connectivity index (χ2v) is 9.06. The van der Waals surface area contributed by atoms with Gasteiger partial charge in [-0.25, -0.2) is 0 Å². The van der Waals surface area contributed by atoms with Crippen LogP contribution in [0.25, 0.3) is 0 Å². The fraction of sp³-hybridized carbons (Fsp3) is 0.321. The van der Waals surface area contributed by atoms with Crippen LogP contribution in [0.3, 0.4) is 0 Å². The van der Waals surface area contributed by atoms with Crippen LogP contribution in [0.15, 0.2) is 60.7 Å². The highest BCUT2D eigenvalue weighted by Crippen LogP contribution is 2.32. The molecule has 168 valence electrons. The van der Waals surface area contributed by atoms with E-state index in [0.29, 0.717) is 18.8 Å². The monoisotopic (exact) mass is 431 g/mol. The average molecular weight is 432 g/mol. The topological polar surface area (TPSA) is 47.6 Å². The molecule has 0 saturated heterocycles. The molecule has 4 heteroatoms. The largest absolute Gasteiger partial charge is 0.493 e. The van der Waals surface area contributed by atoms with Crippen LogP contribution in [0, 0.1) is 13.8 Å². The smallest absolute Gasteiger partial charge is 0.255 e. The quantitative estimate of drug-likeness (QED) is 0.446. The number of ether oxygens (including phenoxy) is 2. The predicted octanol–water partition coefficient (Wildman–Crippen LogP) is 6.83. The molecule has 1 amide bonds. The van der Waals surface area contributed by atoms with Gasteiger partial charge in [-0.1, -0.05) is 51.1 Å². The van der Waals surface area contributed by atoms with Crippen molar-refractivity contribution in [1.29, 1.82) is 0 Å². The van der Waals surface area contributed by atoms with Gasteiger partial charge < -0.3 is 14.8 Å². The Balaban J connectivity index is 1.85. The average Bonchev–Trinajstić information content (AvgIpc) is 2.75. The highest BCUT2D eigenvalue weighted by atomic mass is 16.5. The van der Waals surface area contributed by atoms with E-state index < -0.39 is 0 Å². The van der Waals surface area contributed by atoms with Crippen molar-refractivity contribution in [3.05, 3.63) is 88.5 Å². The molecule has 3 aromatic rings. The summed E-state index contributed by atoms with van der Waals surface area (Å²) < 4.78 is 12.0. The van der Waals surface area contributed by atoms with Crippen molar-refractivity contribution in [1.82, 2.24) is 0 Å². The molecule has 0 spiro atoms. The van der Waals surface area contributed by atoms with Gasteiger partial charge in [-0.2, -0.15) is 0 Å². The molecule has 0 heterocycles. The van der Waals surface area contributed by atoms with Crippen molar-refractivity contribution in [2.45, 2.75) is 53.6 Å². The Morgan fingerprint density at radius 2 is 1.66 bits per heavy atom. The lowest BCUT2D eigenvalue weighted by molar-refractivity contribution is 0.102. The van der Waals surface area contributed by atoms with Gasteiger partial charge in [0.25, 0.3) is 5.91 Å². The Morgan fingerprint density at radius 3 is 2.38 bits per heavy atom. The van der Waals surface area contributed by atoms with E-state index in [1.54, 1.807) is 6.07 Å². The lowest BCUT2D eigenvalue weighted by Crippen LogP contribution is -2.15. The van der Waals surface area contributed by atoms with Crippen LogP contribution in [0.1, 0.15) is 60.3 Å². The van der Waals surface area contributed by atoms with Crippen LogP contribution < -0.4 is 14.8 Å². The Morgan fingerprint density at radius 1 is 0.906 bits per heavy atom. The van der Waals surface area contributed by atoms with Crippen molar-refractivity contribution in [2.75, 3.05) is 11.9 Å². The van der Waals surface area contributed by atoms with Crippen LogP contribution in [0.5, 0.6) is 11.5 Å². The molecular formula is C28H33NO3. The van der Waals surface area contributed by atoms with E-state index in [0.717, 1.165) is 39.4 Å². The molecule has 0 fully saturated rings. The maximum Gasteiger partial charge on any atom is 0.255 e. The van der Waals surface area contributed by atoms with Gasteiger partial charge in [0.05, 0.1) is 6.61 Å². The molecule has 0 aromatic heterocycles. The SMILES string of the molecule is CCOc1ccc(C(=O)Nc2cc(C)ccc2C)cc1COc1ccccc1C(C)(C)C. The Bertz CT molecular complexity index is 1100. The Hall–Kier alpha value is -3.27. The third-order valence-electron chi connectivity index (χ3n) is 5.34. The molecule has 0 aliphatic rings. The van der Waals surface area contributed by atoms with Crippen LogP contribution in [0.4, 0.5) is 5.69 Å². The molecule has 4 nitrogen and oxygen atoms in total. The summed E-state index contributed by atoms with van der Waals surface area (Å²) >= 11 is 0. The minimum Gasteiger partial charge on any atom is -0.493 e. The third kappa shape index (κ3) is 5.70. The van der Waals surface area contributed by atoms with Crippen molar-refractivity contribution in [2.24, 2.45) is 0 Å². The number of amides is 1. The molecule has 0 bridgehead atoms. The summed E-state index contributed by atoms with van der Waals surface area (Å²) in [5.74, 6) is 1.41. The second kappa shape index (κ2) is 9.90. The first-order chi connectivity index (χ1) is 15.2. The first kappa shape index (κ1) is 23.4. The zero-order valence-electron chi connectivity index (χ0n) is 19.9. The standard InChI is InChI=1S/C28H33NO3/c1-7-31-25-15-14-21(27(30)29-24-16-19(2)12-13-20(24)3)17-22(25)18-32-26-11-9-8-10-23(26)28(4,5)6/h8-17H,7,18H2,1-6H3,(H,29,30). The lowest BCUT2D eigenvalue weighted by atomic mass is 9.86. The number of carbonyl (C=O) groups is 1. The number of nitrogens with one attached hydrogen (secondary N) is 1. The van der Waals surface area contributed by atoms with E-state index in [-0.39, 0.29) is 11.3 Å². The Kier molecular flexibility index (Phi) is 7.24. The van der Waals surface area contributed by atoms with E-state index in [1.807, 2.05) is 69.3 Å². The highest BCUT2D eigenvalue weighted by Gasteiger charge is 2.19. The number of rotatable bonds is 7. The van der Waals surface area contributed by atoms with Gasteiger partial charge in [0.2, 0.25) is 0 Å². The van der Waals surface area contributed by atoms with Gasteiger partial charge in [0.1, 0.15) is 18.1 Å². The van der Waals surface area contributed by atoms with Crippen molar-refractivity contribution in [3.8, 4) is 11.5 Å². The predicted molar refractivity (Wildman–Crippen MR) is 131 cm³/mol. The minimum atomic E-state index is -0.155. The van der Waals surface area contributed by atoms with Crippen LogP contribution in [0.2, 0.25) is 0 Å². The first-order valence-electron chi connectivity index (χ1n) is 11.1. The van der Waals surface area contributed by atoms with E-state index in [9.17, 15) is 4.79 Å². The van der Waals surface area contributed by atoms with Gasteiger partial charge in [-0.3, -0.25) is 4.79 Å². The summed E-state index contributed by atoms with van der Waals surface area (Å²) in [4.78, 5) is 13.0. The fourth-order valence-corrected chi connectivity index (χ4v) is 3.56. The van der Waals surface area contributed by atoms with E-state index >= 15 is 0 Å². The zero-order valence-corrected chi connectivity index (χ0v) is 19.9. The number of anilines is 1. The maximum absolute atomic E-state index is 13.0. The molecule has 1 N–H and O–H groups in total. The summed E-state index contributed by atoms with van der Waals surface area (Å²) in [6, 6.07) is 19.6. The van der Waals surface area contributed by atoms with E-state index in [4.69, 9.17) is 9.47 Å². The zero-order chi connectivity index (χ0) is 23.3. The van der Waals surface area contributed by atoms with E-state index in [2.05, 4.69) is 32.2 Å². The summed E-state index contributed by atoms with van der Waals surface area (Å²) in [6.45, 7) is 13.3. The maximum atomic E-state index is 13.0. The normalized spacial score (nSPS) is 11.2. The molecule has 0 aliphatic heterocycles. The summed E-state index contributed by atoms with van der Waals surface area (Å²) in [7, 11) is 0. The van der Waals surface area contributed by atoms with Gasteiger partial charge in [-0.15, -0.1) is 0 Å². The number of carbonyl (C=O) groups excluding carboxylic acids is 1. The molecule has 0 saturated carbocycles. The van der Waals surface area contributed by atoms with Crippen molar-refractivity contribution in [3.63, 3.8) is 0 Å². The lowest BCUT2D eigenvalue weighted by Gasteiger charge is -2.23. The molecule has 0 unspecified atom stereocenters. The molecule has 0 radical (unpaired) electrons. The summed E-state index contributed by atoms with van der Waals surface area (Å²) in [5, 5.41) is 3.03. The van der Waals surface area contributed by atoms with Crippen LogP contribution in [-0.2, 0) is 12.0 Å². The molecule has 0 atom stereocenters. The second-order valence-electron chi connectivity index (χ2n) is 9.06. The first-order valence-corrected chi connectivity index (χ1v) is 11.1. The highest BCUT2D eigenvalue weighted by molar-refractivity contribution is 6.04. The van der Waals surface area contributed by atoms with Gasteiger partial charge >= 0.3 is 0 Å². The van der Waals surface area contributed by atoms with Crippen molar-refractivity contribution >= 4 is 11.6 Å². The number of hydrogen-bond donors (Lipinski definition) is 1.